The molecule has 1 heteroatoms. The van der Waals surface area contributed by atoms with Gasteiger partial charge in [-0.05, 0) is 120 Å². The molecule has 292 valence electrons. The molecule has 0 amide bonds. The topological polar surface area (TPSA) is 13.1 Å². The van der Waals surface area contributed by atoms with E-state index in [1.807, 2.05) is 12.1 Å². The Bertz CT molecular complexity index is 3190. The molecule has 1 nitrogen and oxygen atoms in total. The first-order valence-corrected chi connectivity index (χ1v) is 21.3. The van der Waals surface area contributed by atoms with Crippen LogP contribution in [0.2, 0.25) is 0 Å². The molecule has 0 bridgehead atoms. The third-order valence-electron chi connectivity index (χ3n) is 12.2. The van der Waals surface area contributed by atoms with Crippen LogP contribution in [-0.4, -0.2) is 0 Å². The van der Waals surface area contributed by atoms with Crippen molar-refractivity contribution in [2.45, 2.75) is 5.92 Å². The zero-order valence-corrected chi connectivity index (χ0v) is 34.2. The molecule has 0 aliphatic rings. The highest BCUT2D eigenvalue weighted by atomic mass is 16.3. The molecule has 11 rings (SSSR count). The van der Waals surface area contributed by atoms with E-state index < -0.39 is 0 Å². The van der Waals surface area contributed by atoms with Crippen molar-refractivity contribution >= 4 is 21.9 Å². The highest BCUT2D eigenvalue weighted by Crippen LogP contribution is 2.39. The van der Waals surface area contributed by atoms with Crippen molar-refractivity contribution < 1.29 is 4.42 Å². The minimum Gasteiger partial charge on any atom is -0.456 e. The second kappa shape index (κ2) is 16.2. The van der Waals surface area contributed by atoms with Gasteiger partial charge in [0.05, 0.1) is 0 Å². The van der Waals surface area contributed by atoms with Gasteiger partial charge in [-0.1, -0.05) is 212 Å². The summed E-state index contributed by atoms with van der Waals surface area (Å²) in [6, 6.07) is 90.1. The maximum atomic E-state index is 6.15. The fraction of sp³-hybridized carbons (Fsp3) is 0.0164. The Morgan fingerprint density at radius 3 is 1.08 bits per heavy atom. The Kier molecular flexibility index (Phi) is 9.69. The van der Waals surface area contributed by atoms with Crippen molar-refractivity contribution in [3.05, 3.63) is 265 Å². The summed E-state index contributed by atoms with van der Waals surface area (Å²) in [4.78, 5) is 0. The number of rotatable bonds is 9. The molecule has 0 unspecified atom stereocenters. The van der Waals surface area contributed by atoms with Gasteiger partial charge in [-0.25, -0.2) is 0 Å². The summed E-state index contributed by atoms with van der Waals surface area (Å²) in [6.45, 7) is 0. The molecule has 62 heavy (non-hydrogen) atoms. The second-order valence-electron chi connectivity index (χ2n) is 16.1. The largest absolute Gasteiger partial charge is 0.456 e. The van der Waals surface area contributed by atoms with Gasteiger partial charge in [0.1, 0.15) is 11.2 Å². The number of para-hydroxylation sites is 1. The lowest BCUT2D eigenvalue weighted by molar-refractivity contribution is 0.669. The molecule has 0 aliphatic heterocycles. The third kappa shape index (κ3) is 7.31. The number of hydrogen-bond acceptors (Lipinski definition) is 1. The fourth-order valence-corrected chi connectivity index (χ4v) is 9.01. The Labute approximate surface area is 362 Å². The summed E-state index contributed by atoms with van der Waals surface area (Å²) in [6.07, 6.45) is 0. The van der Waals surface area contributed by atoms with E-state index in [0.29, 0.717) is 0 Å². The molecule has 0 saturated carbocycles. The van der Waals surface area contributed by atoms with Gasteiger partial charge in [0.2, 0.25) is 0 Å². The van der Waals surface area contributed by atoms with Crippen molar-refractivity contribution in [3.63, 3.8) is 0 Å². The summed E-state index contributed by atoms with van der Waals surface area (Å²) in [5.74, 6) is 0.0179. The SMILES string of the molecule is c1ccc(-c2cccc(-c3ccc(C(c4ccc(-c5cccc(-c6ccccc6)c5)cc4)c4cccc(-c5cccc(-c6ccc7oc8ccccc8c7c6)c5)c4)cc3)c2)cc1. The standard InChI is InChI=1S/C61H42O/c1-3-13-42(14-4-1)48-17-9-19-50(37-48)44-27-31-46(32-28-44)61(47-33-29-45(30-34-47)51-20-10-18-49(38-51)43-15-5-2-6-16-43)56-24-12-23-54(40-56)52-21-11-22-53(39-52)55-35-36-60-58(41-55)57-25-7-8-26-59(57)62-60/h1-41,61H. The number of benzene rings is 10. The van der Waals surface area contributed by atoms with E-state index in [9.17, 15) is 0 Å². The lowest BCUT2D eigenvalue weighted by atomic mass is 9.83. The highest BCUT2D eigenvalue weighted by molar-refractivity contribution is 6.06. The maximum absolute atomic E-state index is 6.15. The van der Waals surface area contributed by atoms with Gasteiger partial charge >= 0.3 is 0 Å². The van der Waals surface area contributed by atoms with Gasteiger partial charge < -0.3 is 4.42 Å². The number of fused-ring (bicyclic) bond motifs is 3. The molecule has 0 radical (unpaired) electrons. The van der Waals surface area contributed by atoms with E-state index in [4.69, 9.17) is 4.42 Å². The average molecular weight is 791 g/mol. The minimum atomic E-state index is 0.0179. The van der Waals surface area contributed by atoms with Crippen LogP contribution in [0.3, 0.4) is 0 Å². The van der Waals surface area contributed by atoms with Gasteiger partial charge in [0.25, 0.3) is 0 Å². The Balaban J connectivity index is 0.961. The van der Waals surface area contributed by atoms with Crippen LogP contribution in [0.4, 0.5) is 0 Å². The lowest BCUT2D eigenvalue weighted by Crippen LogP contribution is -2.04. The van der Waals surface area contributed by atoms with Crippen LogP contribution < -0.4 is 0 Å². The summed E-state index contributed by atoms with van der Waals surface area (Å²) in [7, 11) is 0. The Morgan fingerprint density at radius 2 is 0.565 bits per heavy atom. The Morgan fingerprint density at radius 1 is 0.210 bits per heavy atom. The monoisotopic (exact) mass is 790 g/mol. The van der Waals surface area contributed by atoms with E-state index in [1.165, 1.54) is 83.5 Å². The van der Waals surface area contributed by atoms with Crippen molar-refractivity contribution in [1.82, 2.24) is 0 Å². The second-order valence-corrected chi connectivity index (χ2v) is 16.1. The zero-order chi connectivity index (χ0) is 41.2. The van der Waals surface area contributed by atoms with Crippen LogP contribution in [0.1, 0.15) is 22.6 Å². The molecule has 1 heterocycles. The highest BCUT2D eigenvalue weighted by Gasteiger charge is 2.19. The molecule has 0 atom stereocenters. The zero-order valence-electron chi connectivity index (χ0n) is 34.2. The van der Waals surface area contributed by atoms with Crippen molar-refractivity contribution in [1.29, 1.82) is 0 Å². The van der Waals surface area contributed by atoms with Gasteiger partial charge in [0, 0.05) is 16.7 Å². The fourth-order valence-electron chi connectivity index (χ4n) is 9.01. The van der Waals surface area contributed by atoms with Gasteiger partial charge in [0.15, 0.2) is 0 Å². The molecule has 0 aliphatic carbocycles. The molecule has 0 saturated heterocycles. The molecule has 1 aromatic heterocycles. The van der Waals surface area contributed by atoms with E-state index >= 15 is 0 Å². The van der Waals surface area contributed by atoms with Crippen LogP contribution in [0.15, 0.2) is 253 Å². The summed E-state index contributed by atoms with van der Waals surface area (Å²) in [5.41, 5.74) is 20.0. The van der Waals surface area contributed by atoms with Crippen LogP contribution in [-0.2, 0) is 0 Å². The molecule has 11 aromatic rings. The maximum Gasteiger partial charge on any atom is 0.135 e. The predicted octanol–water partition coefficient (Wildman–Crippen LogP) is 16.8. The first kappa shape index (κ1) is 37.0. The third-order valence-corrected chi connectivity index (χ3v) is 12.2. The van der Waals surface area contributed by atoms with Crippen molar-refractivity contribution in [2.75, 3.05) is 0 Å². The summed E-state index contributed by atoms with van der Waals surface area (Å²) < 4.78 is 6.15. The molecule has 0 fully saturated rings. The van der Waals surface area contributed by atoms with E-state index in [-0.39, 0.29) is 5.92 Å². The molecular weight excluding hydrogens is 749 g/mol. The predicted molar refractivity (Wildman–Crippen MR) is 260 cm³/mol. The van der Waals surface area contributed by atoms with Crippen LogP contribution in [0, 0.1) is 0 Å². The first-order chi connectivity index (χ1) is 30.7. The van der Waals surface area contributed by atoms with Gasteiger partial charge in [-0.15, -0.1) is 0 Å². The van der Waals surface area contributed by atoms with Crippen LogP contribution in [0.25, 0.3) is 88.7 Å². The van der Waals surface area contributed by atoms with Gasteiger partial charge in [-0.3, -0.25) is 0 Å². The number of hydrogen-bond donors (Lipinski definition) is 0. The molecule has 10 aromatic carbocycles. The molecule has 0 N–H and O–H groups in total. The summed E-state index contributed by atoms with van der Waals surface area (Å²) >= 11 is 0. The van der Waals surface area contributed by atoms with Crippen LogP contribution >= 0.6 is 0 Å². The first-order valence-electron chi connectivity index (χ1n) is 21.3. The number of furan rings is 1. The van der Waals surface area contributed by atoms with Crippen LogP contribution in [0.5, 0.6) is 0 Å². The Hall–Kier alpha value is -8.00. The quantitative estimate of drug-likeness (QED) is 0.133. The van der Waals surface area contributed by atoms with E-state index in [2.05, 4.69) is 237 Å². The van der Waals surface area contributed by atoms with E-state index in [0.717, 1.165) is 21.9 Å². The minimum absolute atomic E-state index is 0.0179. The normalized spacial score (nSPS) is 11.4. The van der Waals surface area contributed by atoms with Crippen molar-refractivity contribution in [3.8, 4) is 66.8 Å². The lowest BCUT2D eigenvalue weighted by Gasteiger charge is -2.21. The van der Waals surface area contributed by atoms with Crippen molar-refractivity contribution in [2.24, 2.45) is 0 Å². The molecule has 0 spiro atoms. The molecular formula is C61H42O. The average Bonchev–Trinajstić information content (AvgIpc) is 3.73. The summed E-state index contributed by atoms with van der Waals surface area (Å²) in [5, 5.41) is 2.28. The van der Waals surface area contributed by atoms with E-state index in [1.54, 1.807) is 0 Å². The smallest absolute Gasteiger partial charge is 0.135 e. The van der Waals surface area contributed by atoms with Gasteiger partial charge in [-0.2, -0.15) is 0 Å².